The molecule has 0 aromatic heterocycles. The predicted molar refractivity (Wildman–Crippen MR) is 48.4 cm³/mol. The van der Waals surface area contributed by atoms with Gasteiger partial charge in [0.2, 0.25) is 0 Å². The Bertz CT molecular complexity index is 174. The Labute approximate surface area is 68.6 Å². The fraction of sp³-hybridized carbons (Fsp3) is 0.556. The van der Waals surface area contributed by atoms with Crippen molar-refractivity contribution in [3.8, 4) is 0 Å². The summed E-state index contributed by atoms with van der Waals surface area (Å²) in [6.07, 6.45) is 1.64. The van der Waals surface area contributed by atoms with E-state index in [2.05, 4.69) is 11.9 Å². The second kappa shape index (κ2) is 3.46. The van der Waals surface area contributed by atoms with Crippen molar-refractivity contribution in [3.63, 3.8) is 0 Å². The largest absolute Gasteiger partial charge is 0.512 e. The molecule has 0 fully saturated rings. The summed E-state index contributed by atoms with van der Waals surface area (Å²) in [5.41, 5.74) is 0.525. The molecular weight excluding hydrogens is 138 g/mol. The first-order chi connectivity index (χ1) is 4.88. The Balaban J connectivity index is 4.35. The van der Waals surface area contributed by atoms with Gasteiger partial charge in [-0.25, -0.2) is 0 Å². The van der Waals surface area contributed by atoms with Crippen molar-refractivity contribution in [2.45, 2.75) is 20.8 Å². The third kappa shape index (κ3) is 3.71. The molecular formula is C9H17NO. The zero-order valence-corrected chi connectivity index (χ0v) is 7.73. The smallest absolute Gasteiger partial charge is 0.0996 e. The van der Waals surface area contributed by atoms with E-state index in [1.165, 1.54) is 0 Å². The summed E-state index contributed by atoms with van der Waals surface area (Å²) in [6.45, 7) is 9.52. The van der Waals surface area contributed by atoms with Gasteiger partial charge in [-0.3, -0.25) is 0 Å². The Morgan fingerprint density at radius 3 is 2.18 bits per heavy atom. The lowest BCUT2D eigenvalue weighted by molar-refractivity contribution is 0.277. The van der Waals surface area contributed by atoms with Crippen LogP contribution in [-0.4, -0.2) is 12.2 Å². The van der Waals surface area contributed by atoms with Gasteiger partial charge in [0.15, 0.2) is 0 Å². The second-order valence-electron chi connectivity index (χ2n) is 3.55. The van der Waals surface area contributed by atoms with Crippen molar-refractivity contribution < 1.29 is 5.11 Å². The van der Waals surface area contributed by atoms with Crippen LogP contribution in [0.15, 0.2) is 24.1 Å². The lowest BCUT2D eigenvalue weighted by Gasteiger charge is -2.17. The molecule has 0 unspecified atom stereocenters. The normalized spacial score (nSPS) is 12.9. The number of aliphatic hydroxyl groups excluding tert-OH is 1. The summed E-state index contributed by atoms with van der Waals surface area (Å²) in [4.78, 5) is 0. The van der Waals surface area contributed by atoms with Crippen LogP contribution in [0.1, 0.15) is 20.8 Å². The van der Waals surface area contributed by atoms with Crippen LogP contribution < -0.4 is 5.32 Å². The molecule has 64 valence electrons. The van der Waals surface area contributed by atoms with Gasteiger partial charge < -0.3 is 10.4 Å². The molecule has 0 aromatic carbocycles. The molecule has 2 nitrogen and oxygen atoms in total. The zero-order chi connectivity index (χ0) is 9.07. The molecule has 0 radical (unpaired) electrons. The highest BCUT2D eigenvalue weighted by molar-refractivity contribution is 5.17. The Kier molecular flexibility index (Phi) is 3.18. The molecule has 0 heterocycles. The van der Waals surface area contributed by atoms with E-state index in [1.807, 2.05) is 20.8 Å². The molecule has 0 aliphatic heterocycles. The molecule has 11 heavy (non-hydrogen) atoms. The third-order valence-corrected chi connectivity index (χ3v) is 1.40. The average molecular weight is 155 g/mol. The summed E-state index contributed by atoms with van der Waals surface area (Å²) in [7, 11) is 1.77. The van der Waals surface area contributed by atoms with Crippen LogP contribution in [0.5, 0.6) is 0 Å². The van der Waals surface area contributed by atoms with E-state index >= 15 is 0 Å². The van der Waals surface area contributed by atoms with E-state index in [-0.39, 0.29) is 5.41 Å². The zero-order valence-electron chi connectivity index (χ0n) is 7.73. The summed E-state index contributed by atoms with van der Waals surface area (Å²) in [5.74, 6) is 0.344. The minimum absolute atomic E-state index is 0.195. The number of allylic oxidation sites excluding steroid dienone is 2. The van der Waals surface area contributed by atoms with Gasteiger partial charge in [0.05, 0.1) is 5.76 Å². The lowest BCUT2D eigenvalue weighted by Crippen LogP contribution is -2.11. The van der Waals surface area contributed by atoms with Gasteiger partial charge in [-0.15, -0.1) is 0 Å². The van der Waals surface area contributed by atoms with Crippen molar-refractivity contribution >= 4 is 0 Å². The number of aliphatic hydroxyl groups is 1. The second-order valence-corrected chi connectivity index (χ2v) is 3.55. The van der Waals surface area contributed by atoms with Gasteiger partial charge in [0, 0.05) is 18.2 Å². The average Bonchev–Trinajstić information content (AvgIpc) is 1.85. The van der Waals surface area contributed by atoms with Crippen LogP contribution in [0.25, 0.3) is 0 Å². The molecule has 2 N–H and O–H groups in total. The van der Waals surface area contributed by atoms with Gasteiger partial charge in [0.1, 0.15) is 0 Å². The van der Waals surface area contributed by atoms with E-state index in [4.69, 9.17) is 0 Å². The third-order valence-electron chi connectivity index (χ3n) is 1.40. The standard InChI is InChI=1S/C9H17NO/c1-7(10-5)6-8(11)9(2,3)4/h6,10-11H,1H2,2-5H3/b8-6-. The van der Waals surface area contributed by atoms with Crippen molar-refractivity contribution in [1.82, 2.24) is 5.32 Å². The molecule has 0 bridgehead atoms. The summed E-state index contributed by atoms with van der Waals surface area (Å²) in [6, 6.07) is 0. The molecule has 0 saturated heterocycles. The van der Waals surface area contributed by atoms with Crippen LogP contribution in [0.3, 0.4) is 0 Å². The minimum atomic E-state index is -0.195. The van der Waals surface area contributed by atoms with Gasteiger partial charge in [-0.2, -0.15) is 0 Å². The maximum absolute atomic E-state index is 9.45. The number of rotatable bonds is 2. The summed E-state index contributed by atoms with van der Waals surface area (Å²) >= 11 is 0. The summed E-state index contributed by atoms with van der Waals surface area (Å²) in [5, 5.41) is 12.3. The number of likely N-dealkylation sites (N-methyl/N-ethyl adjacent to an activating group) is 1. The van der Waals surface area contributed by atoms with Crippen LogP contribution in [-0.2, 0) is 0 Å². The fourth-order valence-corrected chi connectivity index (χ4v) is 0.454. The Morgan fingerprint density at radius 2 is 1.91 bits per heavy atom. The van der Waals surface area contributed by atoms with Crippen molar-refractivity contribution in [3.05, 3.63) is 24.1 Å². The van der Waals surface area contributed by atoms with Crippen LogP contribution in [0.2, 0.25) is 0 Å². The van der Waals surface area contributed by atoms with Crippen molar-refractivity contribution in [2.24, 2.45) is 5.41 Å². The summed E-state index contributed by atoms with van der Waals surface area (Å²) < 4.78 is 0. The fourth-order valence-electron chi connectivity index (χ4n) is 0.454. The van der Waals surface area contributed by atoms with Gasteiger partial charge in [-0.1, -0.05) is 27.4 Å². The molecule has 2 heteroatoms. The molecule has 0 aromatic rings. The van der Waals surface area contributed by atoms with E-state index < -0.39 is 0 Å². The minimum Gasteiger partial charge on any atom is -0.512 e. The monoisotopic (exact) mass is 155 g/mol. The van der Waals surface area contributed by atoms with Gasteiger partial charge >= 0.3 is 0 Å². The van der Waals surface area contributed by atoms with E-state index in [9.17, 15) is 5.11 Å². The van der Waals surface area contributed by atoms with Gasteiger partial charge in [-0.05, 0) is 6.08 Å². The van der Waals surface area contributed by atoms with Crippen molar-refractivity contribution in [1.29, 1.82) is 0 Å². The number of hydrogen-bond acceptors (Lipinski definition) is 2. The highest BCUT2D eigenvalue weighted by Crippen LogP contribution is 2.22. The maximum atomic E-state index is 9.45. The number of hydrogen-bond donors (Lipinski definition) is 2. The number of nitrogens with one attached hydrogen (secondary N) is 1. The lowest BCUT2D eigenvalue weighted by atomic mass is 9.93. The Hall–Kier alpha value is -0.920. The first kappa shape index (κ1) is 10.1. The molecule has 0 spiro atoms. The van der Waals surface area contributed by atoms with Gasteiger partial charge in [0.25, 0.3) is 0 Å². The predicted octanol–water partition coefficient (Wildman–Crippen LogP) is 2.21. The quantitative estimate of drug-likeness (QED) is 0.473. The van der Waals surface area contributed by atoms with Crippen LogP contribution >= 0.6 is 0 Å². The molecule has 0 amide bonds. The molecule has 0 aliphatic rings. The Morgan fingerprint density at radius 1 is 1.45 bits per heavy atom. The van der Waals surface area contributed by atoms with E-state index in [0.29, 0.717) is 5.76 Å². The SMILES string of the molecule is C=C(/C=C(\O)C(C)(C)C)NC. The van der Waals surface area contributed by atoms with Crippen molar-refractivity contribution in [2.75, 3.05) is 7.05 Å². The van der Waals surface area contributed by atoms with Crippen LogP contribution in [0.4, 0.5) is 0 Å². The maximum Gasteiger partial charge on any atom is 0.0996 e. The first-order valence-electron chi connectivity index (χ1n) is 3.65. The molecule has 0 saturated carbocycles. The van der Waals surface area contributed by atoms with E-state index in [0.717, 1.165) is 5.70 Å². The van der Waals surface area contributed by atoms with E-state index in [1.54, 1.807) is 13.1 Å². The first-order valence-corrected chi connectivity index (χ1v) is 3.65. The topological polar surface area (TPSA) is 32.3 Å². The van der Waals surface area contributed by atoms with Crippen LogP contribution in [0, 0.1) is 5.41 Å². The molecule has 0 aliphatic carbocycles. The highest BCUT2D eigenvalue weighted by atomic mass is 16.3. The molecule has 0 rings (SSSR count). The highest BCUT2D eigenvalue weighted by Gasteiger charge is 2.15. The molecule has 0 atom stereocenters.